The fraction of sp³-hybridized carbons (Fsp3) is 0.364. The molecule has 0 unspecified atom stereocenters. The SMILES string of the molecule is COc1cc(O[N+]2(C)CCCCC2)c2c(Nc3ccc(O)c(C)c3)ncnc2c1. The first kappa shape index (κ1) is 19.3. The highest BCUT2D eigenvalue weighted by Gasteiger charge is 2.29. The largest absolute Gasteiger partial charge is 0.508 e. The molecule has 1 saturated heterocycles. The monoisotopic (exact) mass is 395 g/mol. The topological polar surface area (TPSA) is 76.5 Å². The number of hydroxylamine groups is 3. The lowest BCUT2D eigenvalue weighted by Gasteiger charge is -2.35. The van der Waals surface area contributed by atoms with E-state index in [1.54, 1.807) is 13.2 Å². The number of fused-ring (bicyclic) bond motifs is 1. The van der Waals surface area contributed by atoms with Gasteiger partial charge in [-0.05, 0) is 37.1 Å². The van der Waals surface area contributed by atoms with Crippen LogP contribution in [0.5, 0.6) is 17.2 Å². The van der Waals surface area contributed by atoms with Gasteiger partial charge in [0.25, 0.3) is 0 Å². The lowest BCUT2D eigenvalue weighted by molar-refractivity contribution is -1.07. The van der Waals surface area contributed by atoms with E-state index in [1.807, 2.05) is 31.2 Å². The summed E-state index contributed by atoms with van der Waals surface area (Å²) in [5, 5.41) is 14.0. The summed E-state index contributed by atoms with van der Waals surface area (Å²) in [6, 6.07) is 9.15. The predicted molar refractivity (Wildman–Crippen MR) is 113 cm³/mol. The average molecular weight is 395 g/mol. The number of rotatable bonds is 5. The van der Waals surface area contributed by atoms with E-state index in [9.17, 15) is 5.11 Å². The van der Waals surface area contributed by atoms with Gasteiger partial charge in [-0.2, -0.15) is 0 Å². The summed E-state index contributed by atoms with van der Waals surface area (Å²) in [6.07, 6.45) is 5.06. The van der Waals surface area contributed by atoms with Crippen LogP contribution in [0.15, 0.2) is 36.7 Å². The zero-order valence-electron chi connectivity index (χ0n) is 17.1. The molecule has 0 radical (unpaired) electrons. The second-order valence-corrected chi connectivity index (χ2v) is 7.76. The van der Waals surface area contributed by atoms with Crippen LogP contribution in [-0.2, 0) is 0 Å². The van der Waals surface area contributed by atoms with E-state index in [-0.39, 0.29) is 5.75 Å². The zero-order valence-corrected chi connectivity index (χ0v) is 17.1. The Balaban J connectivity index is 1.79. The van der Waals surface area contributed by atoms with Gasteiger partial charge in [-0.3, -0.25) is 0 Å². The predicted octanol–water partition coefficient (Wildman–Crippen LogP) is 4.32. The number of likely N-dealkylation sites (tertiary alicyclic amines) is 1. The van der Waals surface area contributed by atoms with Crippen molar-refractivity contribution in [1.29, 1.82) is 0 Å². The fourth-order valence-corrected chi connectivity index (χ4v) is 3.79. The summed E-state index contributed by atoms with van der Waals surface area (Å²) >= 11 is 0. The maximum atomic E-state index is 9.80. The van der Waals surface area contributed by atoms with Crippen LogP contribution in [0.1, 0.15) is 24.8 Å². The third kappa shape index (κ3) is 4.05. The van der Waals surface area contributed by atoms with E-state index in [0.717, 1.165) is 48.1 Å². The van der Waals surface area contributed by atoms with E-state index < -0.39 is 0 Å². The highest BCUT2D eigenvalue weighted by molar-refractivity contribution is 5.96. The van der Waals surface area contributed by atoms with Gasteiger partial charge < -0.3 is 20.0 Å². The van der Waals surface area contributed by atoms with Crippen LogP contribution in [0.2, 0.25) is 0 Å². The van der Waals surface area contributed by atoms with E-state index in [1.165, 1.54) is 12.7 Å². The summed E-state index contributed by atoms with van der Waals surface area (Å²) in [6.45, 7) is 3.79. The number of phenols is 1. The van der Waals surface area contributed by atoms with Crippen molar-refractivity contribution in [3.63, 3.8) is 0 Å². The highest BCUT2D eigenvalue weighted by atomic mass is 16.7. The summed E-state index contributed by atoms with van der Waals surface area (Å²) < 4.78 is 6.00. The molecule has 1 aliphatic heterocycles. The summed E-state index contributed by atoms with van der Waals surface area (Å²) in [5.41, 5.74) is 2.37. The van der Waals surface area contributed by atoms with Crippen molar-refractivity contribution in [2.75, 3.05) is 32.6 Å². The van der Waals surface area contributed by atoms with Gasteiger partial charge in [0, 0.05) is 30.7 Å². The van der Waals surface area contributed by atoms with Crippen molar-refractivity contribution in [2.45, 2.75) is 26.2 Å². The molecule has 7 nitrogen and oxygen atoms in total. The molecule has 0 amide bonds. The second kappa shape index (κ2) is 7.75. The molecule has 0 atom stereocenters. The molecule has 3 aromatic rings. The number of anilines is 2. The van der Waals surface area contributed by atoms with Crippen LogP contribution in [-0.4, -0.2) is 47.0 Å². The van der Waals surface area contributed by atoms with Crippen molar-refractivity contribution in [3.05, 3.63) is 42.2 Å². The van der Waals surface area contributed by atoms with Gasteiger partial charge >= 0.3 is 0 Å². The fourth-order valence-electron chi connectivity index (χ4n) is 3.79. The Hall–Kier alpha value is -3.06. The number of ether oxygens (including phenoxy) is 1. The number of aromatic hydroxyl groups is 1. The van der Waals surface area contributed by atoms with Crippen LogP contribution in [0.3, 0.4) is 0 Å². The van der Waals surface area contributed by atoms with E-state index in [4.69, 9.17) is 9.57 Å². The number of aryl methyl sites for hydroxylation is 1. The number of hydrogen-bond donors (Lipinski definition) is 2. The van der Waals surface area contributed by atoms with Crippen molar-refractivity contribution in [2.24, 2.45) is 0 Å². The number of methoxy groups -OCH3 is 1. The van der Waals surface area contributed by atoms with Crippen molar-refractivity contribution in [3.8, 4) is 17.2 Å². The third-order valence-corrected chi connectivity index (χ3v) is 5.45. The number of hydrogen-bond acceptors (Lipinski definition) is 6. The maximum absolute atomic E-state index is 9.80. The van der Waals surface area contributed by atoms with Gasteiger partial charge in [-0.25, -0.2) is 9.97 Å². The van der Waals surface area contributed by atoms with Crippen molar-refractivity contribution < 1.29 is 19.3 Å². The van der Waals surface area contributed by atoms with Crippen LogP contribution >= 0.6 is 0 Å². The molecule has 0 aliphatic carbocycles. The molecule has 1 aliphatic rings. The Morgan fingerprint density at radius 2 is 1.86 bits per heavy atom. The molecule has 1 fully saturated rings. The van der Waals surface area contributed by atoms with E-state index >= 15 is 0 Å². The van der Waals surface area contributed by atoms with Gasteiger partial charge in [0.1, 0.15) is 43.8 Å². The number of piperidine rings is 1. The van der Waals surface area contributed by atoms with Gasteiger partial charge in [-0.15, -0.1) is 4.65 Å². The average Bonchev–Trinajstić information content (AvgIpc) is 2.71. The smallest absolute Gasteiger partial charge is 0.206 e. The summed E-state index contributed by atoms with van der Waals surface area (Å²) in [5.74, 6) is 2.31. The normalized spacial score (nSPS) is 15.8. The Morgan fingerprint density at radius 3 is 2.59 bits per heavy atom. The molecule has 0 spiro atoms. The van der Waals surface area contributed by atoms with Crippen molar-refractivity contribution in [1.82, 2.24) is 9.97 Å². The minimum absolute atomic E-state index is 0.263. The van der Waals surface area contributed by atoms with Gasteiger partial charge in [0.2, 0.25) is 5.75 Å². The molecule has 2 N–H and O–H groups in total. The molecule has 0 saturated carbocycles. The zero-order chi connectivity index (χ0) is 20.4. The first-order valence-corrected chi connectivity index (χ1v) is 9.91. The molecule has 4 rings (SSSR count). The second-order valence-electron chi connectivity index (χ2n) is 7.76. The maximum Gasteiger partial charge on any atom is 0.206 e. The number of benzene rings is 2. The Kier molecular flexibility index (Phi) is 5.15. The lowest BCUT2D eigenvalue weighted by Crippen LogP contribution is -2.50. The van der Waals surface area contributed by atoms with Gasteiger partial charge in [0.15, 0.2) is 0 Å². The molecule has 152 valence electrons. The Morgan fingerprint density at radius 1 is 1.07 bits per heavy atom. The molecule has 1 aromatic heterocycles. The Bertz CT molecular complexity index is 1030. The van der Waals surface area contributed by atoms with Gasteiger partial charge in [0.05, 0.1) is 18.0 Å². The number of quaternary nitrogens is 1. The minimum Gasteiger partial charge on any atom is -0.508 e. The minimum atomic E-state index is 0.263. The third-order valence-electron chi connectivity index (χ3n) is 5.45. The lowest BCUT2D eigenvalue weighted by atomic mass is 10.1. The van der Waals surface area contributed by atoms with Crippen LogP contribution in [0.4, 0.5) is 11.5 Å². The van der Waals surface area contributed by atoms with Crippen LogP contribution < -0.4 is 14.9 Å². The Labute approximate surface area is 170 Å². The standard InChI is InChI=1S/C22H26N4O3/c1-15-11-16(7-8-19(15)27)25-22-21-18(23-14-24-22)12-17(28-3)13-20(21)29-26(2)9-5-4-6-10-26/h7-8,11-14H,4-6,9-10H2,1-3H3,(H-,23,24,25,27)/p+1. The van der Waals surface area contributed by atoms with E-state index in [0.29, 0.717) is 22.0 Å². The summed E-state index contributed by atoms with van der Waals surface area (Å²) in [7, 11) is 3.76. The molecular formula is C22H27N4O3+. The molecule has 0 bridgehead atoms. The van der Waals surface area contributed by atoms with Crippen molar-refractivity contribution >= 4 is 22.4 Å². The number of aromatic nitrogens is 2. The molecule has 29 heavy (non-hydrogen) atoms. The quantitative estimate of drug-likeness (QED) is 0.495. The molecular weight excluding hydrogens is 368 g/mol. The first-order valence-electron chi connectivity index (χ1n) is 9.91. The highest BCUT2D eigenvalue weighted by Crippen LogP contribution is 2.37. The van der Waals surface area contributed by atoms with Crippen LogP contribution in [0.25, 0.3) is 10.9 Å². The van der Waals surface area contributed by atoms with Crippen LogP contribution in [0, 0.1) is 6.92 Å². The molecule has 2 heterocycles. The number of nitrogens with one attached hydrogen (secondary N) is 1. The number of phenolic OH excluding ortho intramolecular Hbond substituents is 1. The molecule has 2 aromatic carbocycles. The van der Waals surface area contributed by atoms with Gasteiger partial charge in [-0.1, -0.05) is 0 Å². The summed E-state index contributed by atoms with van der Waals surface area (Å²) in [4.78, 5) is 15.4. The number of nitrogens with zero attached hydrogens (tertiary/aromatic N) is 3. The molecule has 7 heteroatoms. The first-order chi connectivity index (χ1) is 14.0. The van der Waals surface area contributed by atoms with E-state index in [2.05, 4.69) is 22.3 Å².